The number of rotatable bonds is 5. The van der Waals surface area contributed by atoms with Gasteiger partial charge in [-0.2, -0.15) is 4.98 Å². The van der Waals surface area contributed by atoms with Gasteiger partial charge in [0, 0.05) is 13.7 Å². The van der Waals surface area contributed by atoms with Crippen LogP contribution in [0, 0.1) is 0 Å². The molecule has 0 bridgehead atoms. The lowest BCUT2D eigenvalue weighted by Crippen LogP contribution is -2.28. The minimum Gasteiger partial charge on any atom is -0.373 e. The molecule has 2 atom stereocenters. The molecule has 5 nitrogen and oxygen atoms in total. The summed E-state index contributed by atoms with van der Waals surface area (Å²) < 4.78 is 10.7. The third-order valence-electron chi connectivity index (χ3n) is 3.23. The number of hydrogen-bond acceptors (Lipinski definition) is 5. The third kappa shape index (κ3) is 3.04. The van der Waals surface area contributed by atoms with Crippen LogP contribution in [0.25, 0.3) is 0 Å². The van der Waals surface area contributed by atoms with Gasteiger partial charge in [-0.25, -0.2) is 0 Å². The summed E-state index contributed by atoms with van der Waals surface area (Å²) in [6, 6.07) is 0. The van der Waals surface area contributed by atoms with E-state index in [1.54, 1.807) is 7.11 Å². The molecule has 0 radical (unpaired) electrons. The molecular formula is C12H21N3O2. The van der Waals surface area contributed by atoms with E-state index >= 15 is 0 Å². The van der Waals surface area contributed by atoms with Crippen LogP contribution in [0.5, 0.6) is 0 Å². The van der Waals surface area contributed by atoms with Gasteiger partial charge in [-0.05, 0) is 25.8 Å². The molecule has 1 fully saturated rings. The Kier molecular flexibility index (Phi) is 4.50. The highest BCUT2D eigenvalue weighted by Gasteiger charge is 2.23. The van der Waals surface area contributed by atoms with E-state index in [2.05, 4.69) is 22.4 Å². The quantitative estimate of drug-likeness (QED) is 0.851. The monoisotopic (exact) mass is 239 g/mol. The average Bonchev–Trinajstić information content (AvgIpc) is 2.86. The first-order valence-electron chi connectivity index (χ1n) is 6.42. The van der Waals surface area contributed by atoms with Crippen molar-refractivity contribution in [3.05, 3.63) is 11.7 Å². The van der Waals surface area contributed by atoms with Crippen molar-refractivity contribution in [2.75, 3.05) is 20.2 Å². The van der Waals surface area contributed by atoms with Crippen LogP contribution in [-0.4, -0.2) is 30.3 Å². The maximum Gasteiger partial charge on any atom is 0.231 e. The number of nitrogens with one attached hydrogen (secondary N) is 1. The Labute approximate surface area is 102 Å². The van der Waals surface area contributed by atoms with E-state index in [9.17, 15) is 0 Å². The van der Waals surface area contributed by atoms with Crippen molar-refractivity contribution in [3.63, 3.8) is 0 Å². The zero-order valence-electron chi connectivity index (χ0n) is 10.6. The van der Waals surface area contributed by atoms with E-state index in [1.165, 1.54) is 6.42 Å². The van der Waals surface area contributed by atoms with Gasteiger partial charge in [0.25, 0.3) is 0 Å². The first kappa shape index (κ1) is 12.5. The van der Waals surface area contributed by atoms with Crippen molar-refractivity contribution < 1.29 is 9.26 Å². The van der Waals surface area contributed by atoms with Gasteiger partial charge in [0.05, 0.1) is 5.92 Å². The Morgan fingerprint density at radius 2 is 2.47 bits per heavy atom. The van der Waals surface area contributed by atoms with E-state index in [0.29, 0.717) is 11.7 Å². The van der Waals surface area contributed by atoms with Crippen LogP contribution < -0.4 is 5.32 Å². The average molecular weight is 239 g/mol. The van der Waals surface area contributed by atoms with E-state index < -0.39 is 0 Å². The van der Waals surface area contributed by atoms with Gasteiger partial charge in [-0.1, -0.05) is 18.5 Å². The van der Waals surface area contributed by atoms with Crippen LogP contribution in [0.4, 0.5) is 0 Å². The second kappa shape index (κ2) is 6.12. The van der Waals surface area contributed by atoms with E-state index in [1.807, 2.05) is 0 Å². The van der Waals surface area contributed by atoms with Crippen LogP contribution in [0.1, 0.15) is 56.3 Å². The molecule has 1 N–H and O–H groups in total. The molecule has 1 aromatic heterocycles. The molecule has 1 aliphatic heterocycles. The number of piperidine rings is 1. The Balaban J connectivity index is 2.03. The molecule has 17 heavy (non-hydrogen) atoms. The summed E-state index contributed by atoms with van der Waals surface area (Å²) in [6.45, 7) is 4.15. The van der Waals surface area contributed by atoms with Crippen molar-refractivity contribution in [1.29, 1.82) is 0 Å². The summed E-state index contributed by atoms with van der Waals surface area (Å²) in [6.07, 6.45) is 4.24. The topological polar surface area (TPSA) is 60.2 Å². The van der Waals surface area contributed by atoms with Crippen molar-refractivity contribution >= 4 is 0 Å². The fraction of sp³-hybridized carbons (Fsp3) is 0.833. The van der Waals surface area contributed by atoms with Crippen molar-refractivity contribution in [2.45, 2.75) is 44.6 Å². The highest BCUT2D eigenvalue weighted by Crippen LogP contribution is 2.25. The van der Waals surface area contributed by atoms with Crippen LogP contribution in [0.3, 0.4) is 0 Å². The van der Waals surface area contributed by atoms with Crippen molar-refractivity contribution in [3.8, 4) is 0 Å². The molecule has 0 saturated carbocycles. The number of aromatic nitrogens is 2. The van der Waals surface area contributed by atoms with Crippen molar-refractivity contribution in [1.82, 2.24) is 15.5 Å². The zero-order chi connectivity index (χ0) is 12.1. The second-order valence-corrected chi connectivity index (χ2v) is 4.55. The molecule has 5 heteroatoms. The second-order valence-electron chi connectivity index (χ2n) is 4.55. The molecule has 0 amide bonds. The van der Waals surface area contributed by atoms with Gasteiger partial charge in [0.2, 0.25) is 11.7 Å². The van der Waals surface area contributed by atoms with Crippen LogP contribution >= 0.6 is 0 Å². The molecule has 0 aromatic carbocycles. The first-order valence-corrected chi connectivity index (χ1v) is 6.42. The summed E-state index contributed by atoms with van der Waals surface area (Å²) in [4.78, 5) is 4.48. The SMILES string of the molecule is CCCC(OC)c1noc([C@H]2CCCNC2)n1. The fourth-order valence-corrected chi connectivity index (χ4v) is 2.22. The highest BCUT2D eigenvalue weighted by atomic mass is 16.5. The molecule has 2 rings (SSSR count). The zero-order valence-corrected chi connectivity index (χ0v) is 10.6. The van der Waals surface area contributed by atoms with E-state index in [-0.39, 0.29) is 6.10 Å². The molecule has 0 aliphatic carbocycles. The molecule has 96 valence electrons. The highest BCUT2D eigenvalue weighted by molar-refractivity contribution is 4.98. The van der Waals surface area contributed by atoms with Crippen LogP contribution in [-0.2, 0) is 4.74 Å². The predicted octanol–water partition coefficient (Wildman–Crippen LogP) is 2.02. The smallest absolute Gasteiger partial charge is 0.231 e. The van der Waals surface area contributed by atoms with E-state index in [4.69, 9.17) is 9.26 Å². The molecule has 2 heterocycles. The molecule has 0 spiro atoms. The maximum absolute atomic E-state index is 5.38. The maximum atomic E-state index is 5.38. The van der Waals surface area contributed by atoms with Crippen LogP contribution in [0.15, 0.2) is 4.52 Å². The third-order valence-corrected chi connectivity index (χ3v) is 3.23. The van der Waals surface area contributed by atoms with Crippen LogP contribution in [0.2, 0.25) is 0 Å². The Morgan fingerprint density at radius 1 is 1.59 bits per heavy atom. The van der Waals surface area contributed by atoms with Gasteiger partial charge < -0.3 is 14.6 Å². The van der Waals surface area contributed by atoms with Gasteiger partial charge in [-0.15, -0.1) is 0 Å². The molecule has 1 unspecified atom stereocenters. The fourth-order valence-electron chi connectivity index (χ4n) is 2.22. The molecule has 1 aromatic rings. The summed E-state index contributed by atoms with van der Waals surface area (Å²) >= 11 is 0. The summed E-state index contributed by atoms with van der Waals surface area (Å²) in [7, 11) is 1.69. The number of ether oxygens (including phenoxy) is 1. The largest absolute Gasteiger partial charge is 0.373 e. The van der Waals surface area contributed by atoms with Gasteiger partial charge in [0.1, 0.15) is 6.10 Å². The number of hydrogen-bond donors (Lipinski definition) is 1. The molecule has 1 aliphatic rings. The normalized spacial score (nSPS) is 22.6. The lowest BCUT2D eigenvalue weighted by atomic mass is 10.00. The number of nitrogens with zero attached hydrogens (tertiary/aromatic N) is 2. The minimum absolute atomic E-state index is 0.0333. The van der Waals surface area contributed by atoms with E-state index in [0.717, 1.165) is 38.2 Å². The Morgan fingerprint density at radius 3 is 3.12 bits per heavy atom. The lowest BCUT2D eigenvalue weighted by molar-refractivity contribution is 0.0854. The van der Waals surface area contributed by atoms with Gasteiger partial charge in [0.15, 0.2) is 0 Å². The minimum atomic E-state index is -0.0333. The van der Waals surface area contributed by atoms with Crippen molar-refractivity contribution in [2.24, 2.45) is 0 Å². The standard InChI is InChI=1S/C12H21N3O2/c1-3-5-10(16-2)11-14-12(17-15-11)9-6-4-7-13-8-9/h9-10,13H,3-8H2,1-2H3/t9-,10?/m0/s1. The number of methoxy groups -OCH3 is 1. The molecular weight excluding hydrogens is 218 g/mol. The molecule has 1 saturated heterocycles. The summed E-state index contributed by atoms with van der Waals surface area (Å²) in [5, 5.41) is 7.39. The Hall–Kier alpha value is -0.940. The lowest BCUT2D eigenvalue weighted by Gasteiger charge is -2.18. The summed E-state index contributed by atoms with van der Waals surface area (Å²) in [5.74, 6) is 1.81. The Bertz CT molecular complexity index is 315. The predicted molar refractivity (Wildman–Crippen MR) is 63.8 cm³/mol. The van der Waals surface area contributed by atoms with Gasteiger partial charge >= 0.3 is 0 Å². The first-order chi connectivity index (χ1) is 8.35. The summed E-state index contributed by atoms with van der Waals surface area (Å²) in [5.41, 5.74) is 0. The van der Waals surface area contributed by atoms with Gasteiger partial charge in [-0.3, -0.25) is 0 Å².